The van der Waals surface area contributed by atoms with Gasteiger partial charge in [-0.15, -0.1) is 0 Å². The van der Waals surface area contributed by atoms with E-state index in [0.717, 1.165) is 23.4 Å². The van der Waals surface area contributed by atoms with Crippen LogP contribution in [0.15, 0.2) is 23.3 Å². The lowest BCUT2D eigenvalue weighted by Gasteiger charge is -2.11. The highest BCUT2D eigenvalue weighted by molar-refractivity contribution is 7.80. The molecule has 0 aliphatic rings. The van der Waals surface area contributed by atoms with E-state index in [1.807, 2.05) is 0 Å². The molecule has 0 atom stereocenters. The molecule has 0 amide bonds. The zero-order valence-electron chi connectivity index (χ0n) is 10.2. The van der Waals surface area contributed by atoms with Gasteiger partial charge in [0.1, 0.15) is 0 Å². The highest BCUT2D eigenvalue weighted by atomic mass is 32.1. The molecule has 0 aliphatic heterocycles. The van der Waals surface area contributed by atoms with Gasteiger partial charge in [-0.3, -0.25) is 0 Å². The Morgan fingerprint density at radius 1 is 1.50 bits per heavy atom. The van der Waals surface area contributed by atoms with Crippen molar-refractivity contribution in [3.63, 3.8) is 0 Å². The minimum atomic E-state index is -4.62. The maximum atomic E-state index is 12.5. The third-order valence-electron chi connectivity index (χ3n) is 2.30. The van der Waals surface area contributed by atoms with E-state index < -0.39 is 23.3 Å². The number of alkyl halides is 3. The zero-order valence-corrected chi connectivity index (χ0v) is 11.0. The molecule has 0 bridgehead atoms. The van der Waals surface area contributed by atoms with Crippen molar-refractivity contribution in [3.05, 3.63) is 34.9 Å². The maximum Gasteiger partial charge on any atom is 0.416 e. The van der Waals surface area contributed by atoms with E-state index in [1.54, 1.807) is 0 Å². The summed E-state index contributed by atoms with van der Waals surface area (Å²) in [5.74, 6) is -1.49. The second-order valence-corrected chi connectivity index (χ2v) is 4.13. The number of benzene rings is 1. The molecule has 0 aliphatic carbocycles. The third kappa shape index (κ3) is 3.92. The molecular weight excluding hydrogens is 295 g/mol. The van der Waals surface area contributed by atoms with E-state index in [4.69, 9.17) is 10.8 Å². The van der Waals surface area contributed by atoms with Crippen LogP contribution in [-0.2, 0) is 6.18 Å². The summed E-state index contributed by atoms with van der Waals surface area (Å²) in [5, 5.41) is 13.7. The summed E-state index contributed by atoms with van der Waals surface area (Å²) >= 11 is 4.61. The van der Waals surface area contributed by atoms with Crippen LogP contribution >= 0.6 is 12.2 Å². The normalized spacial score (nSPS) is 11.6. The zero-order chi connectivity index (χ0) is 15.5. The predicted molar refractivity (Wildman–Crippen MR) is 70.5 cm³/mol. The van der Waals surface area contributed by atoms with Gasteiger partial charge in [0.15, 0.2) is 5.11 Å². The number of nitrogens with two attached hydrogens (primary N) is 1. The summed E-state index contributed by atoms with van der Waals surface area (Å²) < 4.78 is 37.5. The summed E-state index contributed by atoms with van der Waals surface area (Å²) in [6.07, 6.45) is -3.54. The minimum absolute atomic E-state index is 0.00796. The monoisotopic (exact) mass is 305 g/mol. The van der Waals surface area contributed by atoms with Crippen LogP contribution in [0.5, 0.6) is 0 Å². The van der Waals surface area contributed by atoms with Gasteiger partial charge in [0.25, 0.3) is 0 Å². The molecule has 0 unspecified atom stereocenters. The topological polar surface area (TPSA) is 78.9 Å². The molecule has 1 aromatic carbocycles. The number of carboxylic acids is 1. The summed E-state index contributed by atoms with van der Waals surface area (Å²) in [4.78, 5) is 11.0. The molecule has 0 heterocycles. The fourth-order valence-electron chi connectivity index (χ4n) is 1.24. The highest BCUT2D eigenvalue weighted by Gasteiger charge is 2.31. The number of aromatic carboxylic acids is 1. The van der Waals surface area contributed by atoms with Crippen molar-refractivity contribution in [2.24, 2.45) is 10.8 Å². The number of carboxylic acid groups (broad SMARTS) is 1. The first kappa shape index (κ1) is 15.9. The van der Waals surface area contributed by atoms with Crippen molar-refractivity contribution in [2.75, 3.05) is 7.05 Å². The molecule has 1 rings (SSSR count). The molecule has 20 heavy (non-hydrogen) atoms. The second kappa shape index (κ2) is 5.87. The van der Waals surface area contributed by atoms with Crippen LogP contribution in [0.4, 0.5) is 13.2 Å². The lowest BCUT2D eigenvalue weighted by atomic mass is 10.0. The standard InChI is InChI=1S/C11H10F3N3O2S/c1-17(10(15)20)16-5-6-2-3-7(11(12,13)14)4-8(6)9(18)19/h2-5H,1H3,(H2,15,20)(H,18,19)/b16-5+. The largest absolute Gasteiger partial charge is 0.478 e. The molecule has 9 heteroatoms. The van der Waals surface area contributed by atoms with Crippen molar-refractivity contribution in [1.82, 2.24) is 5.01 Å². The van der Waals surface area contributed by atoms with Crippen LogP contribution in [-0.4, -0.2) is 34.5 Å². The molecule has 3 N–H and O–H groups in total. The highest BCUT2D eigenvalue weighted by Crippen LogP contribution is 2.30. The van der Waals surface area contributed by atoms with E-state index >= 15 is 0 Å². The summed E-state index contributed by atoms with van der Waals surface area (Å²) in [6, 6.07) is 2.34. The lowest BCUT2D eigenvalue weighted by Crippen LogP contribution is -2.27. The van der Waals surface area contributed by atoms with Gasteiger partial charge in [-0.1, -0.05) is 6.07 Å². The number of thiocarbonyl (C=S) groups is 1. The van der Waals surface area contributed by atoms with Gasteiger partial charge < -0.3 is 10.8 Å². The number of rotatable bonds is 3. The number of hydrogen-bond acceptors (Lipinski definition) is 3. The Hall–Kier alpha value is -2.16. The first-order valence-electron chi connectivity index (χ1n) is 5.14. The lowest BCUT2D eigenvalue weighted by molar-refractivity contribution is -0.137. The van der Waals surface area contributed by atoms with Crippen LogP contribution in [0.25, 0.3) is 0 Å². The molecule has 0 spiro atoms. The average molecular weight is 305 g/mol. The molecule has 0 radical (unpaired) electrons. The first-order chi connectivity index (χ1) is 9.12. The van der Waals surface area contributed by atoms with Gasteiger partial charge >= 0.3 is 12.1 Å². The van der Waals surface area contributed by atoms with E-state index in [9.17, 15) is 18.0 Å². The SMILES string of the molecule is CN(/N=C/c1ccc(C(F)(F)F)cc1C(=O)O)C(N)=S. The quantitative estimate of drug-likeness (QED) is 0.507. The van der Waals surface area contributed by atoms with Crippen molar-refractivity contribution in [2.45, 2.75) is 6.18 Å². The third-order valence-corrected chi connectivity index (χ3v) is 2.56. The van der Waals surface area contributed by atoms with Crippen LogP contribution < -0.4 is 5.73 Å². The van der Waals surface area contributed by atoms with Crippen LogP contribution in [0.1, 0.15) is 21.5 Å². The van der Waals surface area contributed by atoms with Gasteiger partial charge in [0, 0.05) is 12.6 Å². The molecule has 108 valence electrons. The number of nitrogens with zero attached hydrogens (tertiary/aromatic N) is 2. The van der Waals surface area contributed by atoms with E-state index in [-0.39, 0.29) is 10.7 Å². The number of carbonyl (C=O) groups is 1. The Labute approximate surface area is 117 Å². The van der Waals surface area contributed by atoms with Crippen molar-refractivity contribution >= 4 is 29.5 Å². The van der Waals surface area contributed by atoms with Crippen molar-refractivity contribution in [1.29, 1.82) is 0 Å². The van der Waals surface area contributed by atoms with Gasteiger partial charge in [0.2, 0.25) is 0 Å². The molecule has 0 saturated carbocycles. The first-order valence-corrected chi connectivity index (χ1v) is 5.55. The van der Waals surface area contributed by atoms with Crippen molar-refractivity contribution < 1.29 is 23.1 Å². The molecule has 0 saturated heterocycles. The Bertz CT molecular complexity index is 573. The van der Waals surface area contributed by atoms with Gasteiger partial charge in [0.05, 0.1) is 17.3 Å². The van der Waals surface area contributed by atoms with Gasteiger partial charge in [-0.05, 0) is 24.4 Å². The Morgan fingerprint density at radius 3 is 2.55 bits per heavy atom. The van der Waals surface area contributed by atoms with Gasteiger partial charge in [-0.25, -0.2) is 9.80 Å². The summed E-state index contributed by atoms with van der Waals surface area (Å²) in [7, 11) is 1.42. The Balaban J connectivity index is 3.21. The Kier molecular flexibility index (Phi) is 4.66. The van der Waals surface area contributed by atoms with E-state index in [1.165, 1.54) is 7.05 Å². The van der Waals surface area contributed by atoms with Crippen LogP contribution in [0.2, 0.25) is 0 Å². The average Bonchev–Trinajstić information content (AvgIpc) is 2.34. The fourth-order valence-corrected chi connectivity index (χ4v) is 1.28. The minimum Gasteiger partial charge on any atom is -0.478 e. The Morgan fingerprint density at radius 2 is 2.10 bits per heavy atom. The molecule has 0 fully saturated rings. The number of halogens is 3. The molecule has 1 aromatic rings. The van der Waals surface area contributed by atoms with E-state index in [0.29, 0.717) is 6.07 Å². The number of hydrogen-bond donors (Lipinski definition) is 2. The second-order valence-electron chi connectivity index (χ2n) is 3.71. The van der Waals surface area contributed by atoms with Crippen molar-refractivity contribution in [3.8, 4) is 0 Å². The van der Waals surface area contributed by atoms with Crippen LogP contribution in [0.3, 0.4) is 0 Å². The predicted octanol–water partition coefficient (Wildman–Crippen LogP) is 1.91. The van der Waals surface area contributed by atoms with E-state index in [2.05, 4.69) is 17.3 Å². The maximum absolute atomic E-state index is 12.5. The smallest absolute Gasteiger partial charge is 0.416 e. The number of hydrazone groups is 1. The molecule has 0 aromatic heterocycles. The van der Waals surface area contributed by atoms with Crippen LogP contribution in [0, 0.1) is 0 Å². The molecular formula is C11H10F3N3O2S. The van der Waals surface area contributed by atoms with Gasteiger partial charge in [-0.2, -0.15) is 18.3 Å². The summed E-state index contributed by atoms with van der Waals surface area (Å²) in [6.45, 7) is 0. The fraction of sp³-hybridized carbons (Fsp3) is 0.182. The molecule has 5 nitrogen and oxygen atoms in total. The summed E-state index contributed by atoms with van der Waals surface area (Å²) in [5.41, 5.74) is 3.71.